The SMILES string of the molecule is CC[C@H](Cn1ccnc1)NC(=O)Nc1cccc(C(=O)N2CCCCCC2)c1. The van der Waals surface area contributed by atoms with Gasteiger partial charge in [-0.05, 0) is 37.5 Å². The van der Waals surface area contributed by atoms with Crippen molar-refractivity contribution in [3.8, 4) is 0 Å². The number of benzene rings is 1. The summed E-state index contributed by atoms with van der Waals surface area (Å²) in [6, 6.07) is 6.90. The van der Waals surface area contributed by atoms with Crippen LogP contribution in [0.15, 0.2) is 43.0 Å². The van der Waals surface area contributed by atoms with Crippen molar-refractivity contribution >= 4 is 17.6 Å². The molecule has 1 aliphatic rings. The maximum Gasteiger partial charge on any atom is 0.319 e. The van der Waals surface area contributed by atoms with E-state index in [2.05, 4.69) is 15.6 Å². The van der Waals surface area contributed by atoms with Crippen LogP contribution in [0.3, 0.4) is 0 Å². The molecule has 1 aromatic heterocycles. The Morgan fingerprint density at radius 3 is 2.64 bits per heavy atom. The molecule has 0 saturated carbocycles. The number of anilines is 1. The van der Waals surface area contributed by atoms with E-state index in [0.717, 1.165) is 32.4 Å². The predicted molar refractivity (Wildman–Crippen MR) is 109 cm³/mol. The summed E-state index contributed by atoms with van der Waals surface area (Å²) in [5, 5.41) is 5.83. The van der Waals surface area contributed by atoms with Crippen LogP contribution in [0.25, 0.3) is 0 Å². The summed E-state index contributed by atoms with van der Waals surface area (Å²) in [6.45, 7) is 4.31. The molecule has 1 aromatic carbocycles. The fourth-order valence-corrected chi connectivity index (χ4v) is 3.46. The second kappa shape index (κ2) is 9.92. The molecule has 3 amide bonds. The van der Waals surface area contributed by atoms with Gasteiger partial charge in [-0.15, -0.1) is 0 Å². The van der Waals surface area contributed by atoms with Gasteiger partial charge >= 0.3 is 6.03 Å². The van der Waals surface area contributed by atoms with E-state index < -0.39 is 0 Å². The smallest absolute Gasteiger partial charge is 0.319 e. The Hall–Kier alpha value is -2.83. The van der Waals surface area contributed by atoms with Gasteiger partial charge in [0.15, 0.2) is 0 Å². The lowest BCUT2D eigenvalue weighted by Crippen LogP contribution is -2.40. The molecule has 2 aromatic rings. The highest BCUT2D eigenvalue weighted by Crippen LogP contribution is 2.16. The third kappa shape index (κ3) is 5.58. The number of imidazole rings is 1. The van der Waals surface area contributed by atoms with Crippen LogP contribution >= 0.6 is 0 Å². The Morgan fingerprint density at radius 2 is 1.96 bits per heavy atom. The molecule has 7 heteroatoms. The normalized spacial score (nSPS) is 15.5. The molecule has 28 heavy (non-hydrogen) atoms. The monoisotopic (exact) mass is 383 g/mol. The molecule has 0 aliphatic carbocycles. The lowest BCUT2D eigenvalue weighted by molar-refractivity contribution is 0.0761. The van der Waals surface area contributed by atoms with Crippen molar-refractivity contribution in [2.75, 3.05) is 18.4 Å². The first-order valence-electron chi connectivity index (χ1n) is 10.1. The number of aromatic nitrogens is 2. The van der Waals surface area contributed by atoms with Crippen LogP contribution in [0.5, 0.6) is 0 Å². The molecule has 1 saturated heterocycles. The maximum atomic E-state index is 12.8. The van der Waals surface area contributed by atoms with Gasteiger partial charge in [-0.3, -0.25) is 4.79 Å². The largest absolute Gasteiger partial charge is 0.339 e. The summed E-state index contributed by atoms with van der Waals surface area (Å²) in [4.78, 5) is 31.1. The molecule has 1 fully saturated rings. The second-order valence-electron chi connectivity index (χ2n) is 7.25. The van der Waals surface area contributed by atoms with Crippen molar-refractivity contribution in [2.45, 2.75) is 51.6 Å². The van der Waals surface area contributed by atoms with E-state index in [0.29, 0.717) is 17.8 Å². The summed E-state index contributed by atoms with van der Waals surface area (Å²) >= 11 is 0. The van der Waals surface area contributed by atoms with Crippen LogP contribution in [0.1, 0.15) is 49.4 Å². The van der Waals surface area contributed by atoms with Crippen molar-refractivity contribution in [2.24, 2.45) is 0 Å². The standard InChI is InChI=1S/C21H29N5O2/c1-2-18(15-25-13-10-22-16-25)23-21(28)24-19-9-7-8-17(14-19)20(27)26-11-5-3-4-6-12-26/h7-10,13-14,16,18H,2-6,11-12,15H2,1H3,(H2,23,24,28)/t18-/m1/s1. The first-order valence-corrected chi connectivity index (χ1v) is 10.1. The fourth-order valence-electron chi connectivity index (χ4n) is 3.46. The molecular formula is C21H29N5O2. The predicted octanol–water partition coefficient (Wildman–Crippen LogP) is 3.50. The van der Waals surface area contributed by atoms with Gasteiger partial charge in [0.05, 0.1) is 6.33 Å². The number of rotatable bonds is 6. The van der Waals surface area contributed by atoms with Gasteiger partial charge < -0.3 is 20.1 Å². The third-order valence-electron chi connectivity index (χ3n) is 5.08. The number of likely N-dealkylation sites (tertiary alicyclic amines) is 1. The van der Waals surface area contributed by atoms with E-state index in [1.807, 2.05) is 34.7 Å². The number of urea groups is 1. The molecule has 3 rings (SSSR count). The lowest BCUT2D eigenvalue weighted by Gasteiger charge is -2.21. The van der Waals surface area contributed by atoms with Crippen molar-refractivity contribution in [1.29, 1.82) is 0 Å². The Kier molecular flexibility index (Phi) is 7.06. The van der Waals surface area contributed by atoms with Gasteiger partial charge in [0, 0.05) is 49.3 Å². The molecular weight excluding hydrogens is 354 g/mol. The topological polar surface area (TPSA) is 79.3 Å². The Bertz CT molecular complexity index is 767. The third-order valence-corrected chi connectivity index (χ3v) is 5.08. The van der Waals surface area contributed by atoms with E-state index in [1.165, 1.54) is 12.8 Å². The molecule has 7 nitrogen and oxygen atoms in total. The summed E-state index contributed by atoms with van der Waals surface area (Å²) in [7, 11) is 0. The highest BCUT2D eigenvalue weighted by molar-refractivity contribution is 5.97. The number of nitrogens with one attached hydrogen (secondary N) is 2. The summed E-state index contributed by atoms with van der Waals surface area (Å²) < 4.78 is 1.94. The average molecular weight is 383 g/mol. The summed E-state index contributed by atoms with van der Waals surface area (Å²) in [6.07, 6.45) is 10.6. The highest BCUT2D eigenvalue weighted by atomic mass is 16.2. The average Bonchev–Trinajstić information content (AvgIpc) is 3.06. The Morgan fingerprint density at radius 1 is 1.18 bits per heavy atom. The molecule has 2 N–H and O–H groups in total. The van der Waals surface area contributed by atoms with Gasteiger partial charge in [0.25, 0.3) is 5.91 Å². The van der Waals surface area contributed by atoms with Crippen molar-refractivity contribution in [1.82, 2.24) is 19.8 Å². The minimum atomic E-state index is -0.272. The van der Waals surface area contributed by atoms with Crippen LogP contribution in [-0.2, 0) is 6.54 Å². The lowest BCUT2D eigenvalue weighted by atomic mass is 10.1. The highest BCUT2D eigenvalue weighted by Gasteiger charge is 2.18. The van der Waals surface area contributed by atoms with Crippen LogP contribution < -0.4 is 10.6 Å². The van der Waals surface area contributed by atoms with Crippen molar-refractivity contribution < 1.29 is 9.59 Å². The minimum absolute atomic E-state index is 0.00360. The number of carbonyl (C=O) groups excluding carboxylic acids is 2. The number of hydrogen-bond donors (Lipinski definition) is 2. The quantitative estimate of drug-likeness (QED) is 0.801. The van der Waals surface area contributed by atoms with E-state index in [9.17, 15) is 9.59 Å². The zero-order valence-electron chi connectivity index (χ0n) is 16.4. The Balaban J connectivity index is 1.58. The van der Waals surface area contributed by atoms with E-state index in [4.69, 9.17) is 0 Å². The number of hydrogen-bond acceptors (Lipinski definition) is 3. The Labute approximate surface area is 166 Å². The van der Waals surface area contributed by atoms with Gasteiger partial charge in [0.1, 0.15) is 0 Å². The second-order valence-corrected chi connectivity index (χ2v) is 7.25. The van der Waals surface area contributed by atoms with Gasteiger partial charge in [-0.25, -0.2) is 9.78 Å². The number of nitrogens with zero attached hydrogens (tertiary/aromatic N) is 3. The number of carbonyl (C=O) groups is 2. The molecule has 0 bridgehead atoms. The molecule has 0 radical (unpaired) electrons. The molecule has 1 aliphatic heterocycles. The van der Waals surface area contributed by atoms with Crippen LogP contribution in [0.2, 0.25) is 0 Å². The van der Waals surface area contributed by atoms with Gasteiger partial charge in [0.2, 0.25) is 0 Å². The van der Waals surface area contributed by atoms with E-state index in [1.54, 1.807) is 24.7 Å². The first kappa shape index (κ1) is 19.9. The summed E-state index contributed by atoms with van der Waals surface area (Å²) in [5.41, 5.74) is 1.24. The van der Waals surface area contributed by atoms with Crippen LogP contribution in [0.4, 0.5) is 10.5 Å². The zero-order valence-corrected chi connectivity index (χ0v) is 16.4. The van der Waals surface area contributed by atoms with Crippen LogP contribution in [0, 0.1) is 0 Å². The zero-order chi connectivity index (χ0) is 19.8. The van der Waals surface area contributed by atoms with E-state index >= 15 is 0 Å². The summed E-state index contributed by atoms with van der Waals surface area (Å²) in [5.74, 6) is 0.0394. The number of amides is 3. The fraction of sp³-hybridized carbons (Fsp3) is 0.476. The van der Waals surface area contributed by atoms with Crippen molar-refractivity contribution in [3.63, 3.8) is 0 Å². The van der Waals surface area contributed by atoms with Crippen LogP contribution in [-0.4, -0.2) is 45.5 Å². The van der Waals surface area contributed by atoms with Gasteiger partial charge in [-0.2, -0.15) is 0 Å². The molecule has 150 valence electrons. The molecule has 0 spiro atoms. The molecule has 1 atom stereocenters. The van der Waals surface area contributed by atoms with E-state index in [-0.39, 0.29) is 18.0 Å². The molecule has 0 unspecified atom stereocenters. The maximum absolute atomic E-state index is 12.8. The van der Waals surface area contributed by atoms with Crippen molar-refractivity contribution in [3.05, 3.63) is 48.5 Å². The first-order chi connectivity index (χ1) is 13.7. The molecule has 2 heterocycles. The minimum Gasteiger partial charge on any atom is -0.339 e. The van der Waals surface area contributed by atoms with Gasteiger partial charge in [-0.1, -0.05) is 25.8 Å².